The summed E-state index contributed by atoms with van der Waals surface area (Å²) in [6, 6.07) is 19.0. The minimum absolute atomic E-state index is 0.0312. The van der Waals surface area contributed by atoms with Crippen LogP contribution in [0.2, 0.25) is 0 Å². The number of amides is 1. The van der Waals surface area contributed by atoms with E-state index in [1.165, 1.54) is 12.5 Å². The minimum Gasteiger partial charge on any atom is -0.443 e. The van der Waals surface area contributed by atoms with Crippen LogP contribution < -0.4 is 11.1 Å². The van der Waals surface area contributed by atoms with Gasteiger partial charge in [-0.3, -0.25) is 9.78 Å². The number of pyridine rings is 2. The Labute approximate surface area is 198 Å². The smallest absolute Gasteiger partial charge is 0.279 e. The number of benzene rings is 2. The number of hydrogen-bond acceptors (Lipinski definition) is 8. The fourth-order valence-electron chi connectivity index (χ4n) is 3.92. The number of rotatable bonds is 4. The van der Waals surface area contributed by atoms with Crippen LogP contribution in [0.25, 0.3) is 44.5 Å². The van der Waals surface area contributed by atoms with Gasteiger partial charge >= 0.3 is 0 Å². The van der Waals surface area contributed by atoms with Gasteiger partial charge in [0.25, 0.3) is 5.91 Å². The number of nitrogens with one attached hydrogen (secondary N) is 1. The first-order valence-electron chi connectivity index (χ1n) is 10.7. The van der Waals surface area contributed by atoms with Crippen LogP contribution in [0.15, 0.2) is 89.9 Å². The van der Waals surface area contributed by atoms with Crippen molar-refractivity contribution < 1.29 is 9.21 Å². The van der Waals surface area contributed by atoms with Gasteiger partial charge < -0.3 is 15.5 Å². The summed E-state index contributed by atoms with van der Waals surface area (Å²) < 4.78 is 5.48. The molecule has 9 nitrogen and oxygen atoms in total. The third-order valence-electron chi connectivity index (χ3n) is 5.55. The third-order valence-corrected chi connectivity index (χ3v) is 5.55. The molecule has 0 atom stereocenters. The Hall–Kier alpha value is -5.18. The van der Waals surface area contributed by atoms with E-state index in [1.807, 2.05) is 60.7 Å². The van der Waals surface area contributed by atoms with Gasteiger partial charge in [0.15, 0.2) is 17.2 Å². The SMILES string of the molecule is Nc1nc(-c2ncco2)c(-c2ccc3ncccc3c2)nc1C(=O)Nc1nccc2ccccc12. The first-order chi connectivity index (χ1) is 17.2. The lowest BCUT2D eigenvalue weighted by Gasteiger charge is -2.12. The second-order valence-corrected chi connectivity index (χ2v) is 7.74. The van der Waals surface area contributed by atoms with Crippen molar-refractivity contribution in [1.82, 2.24) is 24.9 Å². The number of nitrogens with two attached hydrogens (primary N) is 1. The fraction of sp³-hybridized carbons (Fsp3) is 0. The second-order valence-electron chi connectivity index (χ2n) is 7.74. The summed E-state index contributed by atoms with van der Waals surface area (Å²) in [5, 5.41) is 5.48. The van der Waals surface area contributed by atoms with Crippen LogP contribution in [0.5, 0.6) is 0 Å². The molecule has 1 amide bonds. The van der Waals surface area contributed by atoms with E-state index in [1.54, 1.807) is 12.4 Å². The molecule has 0 radical (unpaired) electrons. The van der Waals surface area contributed by atoms with Gasteiger partial charge in [0.1, 0.15) is 17.8 Å². The predicted octanol–water partition coefficient (Wildman–Crippen LogP) is 4.73. The van der Waals surface area contributed by atoms with E-state index in [4.69, 9.17) is 10.2 Å². The molecule has 4 aromatic heterocycles. The van der Waals surface area contributed by atoms with E-state index in [2.05, 4.69) is 30.2 Å². The Bertz CT molecular complexity index is 1710. The van der Waals surface area contributed by atoms with Gasteiger partial charge in [-0.25, -0.2) is 19.9 Å². The molecule has 2 aromatic carbocycles. The maximum atomic E-state index is 13.3. The monoisotopic (exact) mass is 459 g/mol. The van der Waals surface area contributed by atoms with E-state index in [9.17, 15) is 4.79 Å². The second kappa shape index (κ2) is 8.31. The molecule has 0 aliphatic carbocycles. The van der Waals surface area contributed by atoms with Crippen LogP contribution in [0.4, 0.5) is 11.6 Å². The number of hydrogen-bond donors (Lipinski definition) is 2. The van der Waals surface area contributed by atoms with Gasteiger partial charge in [-0.05, 0) is 29.7 Å². The molecule has 168 valence electrons. The van der Waals surface area contributed by atoms with Crippen LogP contribution in [0, 0.1) is 0 Å². The number of carbonyl (C=O) groups is 1. The Morgan fingerprint density at radius 2 is 1.71 bits per heavy atom. The summed E-state index contributed by atoms with van der Waals surface area (Å²) in [5.41, 5.74) is 8.44. The molecule has 0 spiro atoms. The lowest BCUT2D eigenvalue weighted by Crippen LogP contribution is -2.19. The largest absolute Gasteiger partial charge is 0.443 e. The van der Waals surface area contributed by atoms with Crippen molar-refractivity contribution in [3.63, 3.8) is 0 Å². The van der Waals surface area contributed by atoms with E-state index in [0.29, 0.717) is 22.8 Å². The van der Waals surface area contributed by atoms with Crippen molar-refractivity contribution in [2.24, 2.45) is 0 Å². The van der Waals surface area contributed by atoms with Crippen molar-refractivity contribution in [3.05, 3.63) is 91.2 Å². The fourth-order valence-corrected chi connectivity index (χ4v) is 3.92. The zero-order valence-corrected chi connectivity index (χ0v) is 18.2. The Morgan fingerprint density at radius 1 is 0.829 bits per heavy atom. The van der Waals surface area contributed by atoms with Crippen LogP contribution in [-0.2, 0) is 0 Å². The van der Waals surface area contributed by atoms with E-state index in [-0.39, 0.29) is 17.4 Å². The van der Waals surface area contributed by atoms with Crippen molar-refractivity contribution in [2.75, 3.05) is 11.1 Å². The highest BCUT2D eigenvalue weighted by atomic mass is 16.3. The maximum absolute atomic E-state index is 13.3. The quantitative estimate of drug-likeness (QED) is 0.387. The zero-order chi connectivity index (χ0) is 23.8. The molecule has 0 bridgehead atoms. The molecule has 0 saturated carbocycles. The van der Waals surface area contributed by atoms with E-state index >= 15 is 0 Å². The van der Waals surface area contributed by atoms with Gasteiger partial charge in [0.05, 0.1) is 11.7 Å². The number of fused-ring (bicyclic) bond motifs is 2. The highest BCUT2D eigenvalue weighted by Gasteiger charge is 2.23. The first kappa shape index (κ1) is 20.4. The molecule has 0 saturated heterocycles. The van der Waals surface area contributed by atoms with Gasteiger partial charge in [-0.15, -0.1) is 0 Å². The van der Waals surface area contributed by atoms with Crippen LogP contribution >= 0.6 is 0 Å². The molecule has 9 heteroatoms. The van der Waals surface area contributed by atoms with Gasteiger partial charge in [-0.1, -0.05) is 36.4 Å². The highest BCUT2D eigenvalue weighted by Crippen LogP contribution is 2.32. The van der Waals surface area contributed by atoms with E-state index in [0.717, 1.165) is 21.7 Å². The number of carbonyl (C=O) groups excluding carboxylic acids is 1. The molecule has 6 rings (SSSR count). The number of aromatic nitrogens is 5. The topological polar surface area (TPSA) is 133 Å². The molecule has 0 aliphatic rings. The zero-order valence-electron chi connectivity index (χ0n) is 18.2. The van der Waals surface area contributed by atoms with Gasteiger partial charge in [-0.2, -0.15) is 0 Å². The highest BCUT2D eigenvalue weighted by molar-refractivity contribution is 6.09. The lowest BCUT2D eigenvalue weighted by atomic mass is 10.1. The predicted molar refractivity (Wildman–Crippen MR) is 132 cm³/mol. The van der Waals surface area contributed by atoms with E-state index < -0.39 is 5.91 Å². The van der Waals surface area contributed by atoms with Crippen LogP contribution in [-0.4, -0.2) is 30.8 Å². The van der Waals surface area contributed by atoms with Crippen LogP contribution in [0.1, 0.15) is 10.5 Å². The molecule has 3 N–H and O–H groups in total. The summed E-state index contributed by atoms with van der Waals surface area (Å²) in [6.45, 7) is 0. The Morgan fingerprint density at radius 3 is 2.60 bits per heavy atom. The summed E-state index contributed by atoms with van der Waals surface area (Å²) in [5.74, 6) is 0.0706. The number of nitrogens with zero attached hydrogens (tertiary/aromatic N) is 5. The van der Waals surface area contributed by atoms with Gasteiger partial charge in [0, 0.05) is 28.7 Å². The van der Waals surface area contributed by atoms with Crippen molar-refractivity contribution >= 4 is 39.2 Å². The lowest BCUT2D eigenvalue weighted by molar-refractivity contribution is 0.102. The standard InChI is InChI=1S/C26H17N7O2/c27-23-22(25(34)33-24-18-6-2-1-4-15(18)9-11-29-24)31-20(21(32-23)26-30-12-13-35-26)17-7-8-19-16(14-17)5-3-10-28-19/h1-14H,(H2,27,32)(H,29,33,34). The molecule has 4 heterocycles. The number of oxazole rings is 1. The van der Waals surface area contributed by atoms with Crippen LogP contribution in [0.3, 0.4) is 0 Å². The molecule has 0 aliphatic heterocycles. The Kier molecular flexibility index (Phi) is 4.85. The molecule has 35 heavy (non-hydrogen) atoms. The van der Waals surface area contributed by atoms with Crippen molar-refractivity contribution in [1.29, 1.82) is 0 Å². The normalized spacial score (nSPS) is 11.1. The summed E-state index contributed by atoms with van der Waals surface area (Å²) in [7, 11) is 0. The maximum Gasteiger partial charge on any atom is 0.279 e. The molecule has 0 unspecified atom stereocenters. The third kappa shape index (κ3) is 3.70. The number of anilines is 2. The average Bonchev–Trinajstić information content (AvgIpc) is 3.43. The first-order valence-corrected chi connectivity index (χ1v) is 10.7. The number of nitrogen functional groups attached to an aromatic ring is 1. The van der Waals surface area contributed by atoms with Crippen molar-refractivity contribution in [2.45, 2.75) is 0 Å². The summed E-state index contributed by atoms with van der Waals surface area (Å²) in [6.07, 6.45) is 6.31. The molecule has 6 aromatic rings. The average molecular weight is 459 g/mol. The summed E-state index contributed by atoms with van der Waals surface area (Å²) in [4.78, 5) is 35.3. The summed E-state index contributed by atoms with van der Waals surface area (Å²) >= 11 is 0. The molecule has 0 fully saturated rings. The minimum atomic E-state index is -0.526. The Balaban J connectivity index is 1.48. The van der Waals surface area contributed by atoms with Crippen molar-refractivity contribution in [3.8, 4) is 22.8 Å². The molecular formula is C26H17N7O2. The van der Waals surface area contributed by atoms with Gasteiger partial charge in [0.2, 0.25) is 5.89 Å². The molecular weight excluding hydrogens is 442 g/mol.